The number of fused-ring (bicyclic) bond motifs is 4. The summed E-state index contributed by atoms with van der Waals surface area (Å²) in [7, 11) is 2.15. The molecule has 0 atom stereocenters. The van der Waals surface area contributed by atoms with Crippen LogP contribution in [0.1, 0.15) is 16.0 Å². The van der Waals surface area contributed by atoms with Crippen LogP contribution in [0.25, 0.3) is 6.08 Å². The zero-order valence-corrected chi connectivity index (χ0v) is 17.9. The van der Waals surface area contributed by atoms with E-state index in [1.165, 1.54) is 22.6 Å². The Morgan fingerprint density at radius 3 is 2.82 bits per heavy atom. The molecule has 1 aromatic carbocycles. The second-order valence-corrected chi connectivity index (χ2v) is 9.30. The highest BCUT2D eigenvalue weighted by molar-refractivity contribution is 9.11. The Morgan fingerprint density at radius 1 is 1.18 bits per heavy atom. The normalized spacial score (nSPS) is 18.9. The first kappa shape index (κ1) is 18.1. The lowest BCUT2D eigenvalue weighted by Crippen LogP contribution is -2.47. The lowest BCUT2D eigenvalue weighted by atomic mass is 10.1. The van der Waals surface area contributed by atoms with Gasteiger partial charge in [-0.05, 0) is 31.3 Å². The fourth-order valence-corrected chi connectivity index (χ4v) is 5.25. The van der Waals surface area contributed by atoms with Gasteiger partial charge in [-0.3, -0.25) is 0 Å². The number of rotatable bonds is 0. The fourth-order valence-electron chi connectivity index (χ4n) is 3.80. The van der Waals surface area contributed by atoms with Crippen LogP contribution in [0.4, 0.5) is 20.8 Å². The van der Waals surface area contributed by atoms with Crippen molar-refractivity contribution in [1.29, 1.82) is 0 Å². The summed E-state index contributed by atoms with van der Waals surface area (Å²) in [6.45, 7) is 3.88. The Kier molecular flexibility index (Phi) is 4.61. The van der Waals surface area contributed by atoms with Gasteiger partial charge in [-0.2, -0.15) is 0 Å². The Balaban J connectivity index is 1.68. The van der Waals surface area contributed by atoms with Crippen molar-refractivity contribution in [1.82, 2.24) is 9.80 Å². The molecule has 4 nitrogen and oxygen atoms in total. The number of halogens is 2. The zero-order valence-electron chi connectivity index (χ0n) is 15.5. The molecule has 0 saturated carbocycles. The van der Waals surface area contributed by atoms with Crippen LogP contribution in [0.2, 0.25) is 0 Å². The van der Waals surface area contributed by atoms with Crippen molar-refractivity contribution in [2.24, 2.45) is 4.99 Å². The van der Waals surface area contributed by atoms with Gasteiger partial charge in [0, 0.05) is 47.5 Å². The number of nitrogens with zero attached hydrogens (tertiary/aromatic N) is 3. The molecule has 144 valence electrons. The molecule has 3 aliphatic rings. The third kappa shape index (κ3) is 3.21. The number of piperazine rings is 1. The van der Waals surface area contributed by atoms with Gasteiger partial charge in [0.1, 0.15) is 16.7 Å². The highest BCUT2D eigenvalue weighted by Gasteiger charge is 2.29. The molecule has 3 heterocycles. The number of nitrogens with one attached hydrogen (secondary N) is 1. The van der Waals surface area contributed by atoms with Crippen molar-refractivity contribution in [3.8, 4) is 0 Å². The van der Waals surface area contributed by atoms with Crippen molar-refractivity contribution < 1.29 is 4.39 Å². The van der Waals surface area contributed by atoms with E-state index in [-0.39, 0.29) is 5.82 Å². The van der Waals surface area contributed by atoms with Crippen molar-refractivity contribution in [3.63, 3.8) is 0 Å². The van der Waals surface area contributed by atoms with E-state index in [1.807, 2.05) is 0 Å². The summed E-state index contributed by atoms with van der Waals surface area (Å²) in [4.78, 5) is 11.0. The monoisotopic (exact) mass is 458 g/mol. The third-order valence-electron chi connectivity index (χ3n) is 5.37. The number of allylic oxidation sites excluding steroid dienone is 3. The van der Waals surface area contributed by atoms with E-state index in [1.54, 1.807) is 17.4 Å². The van der Waals surface area contributed by atoms with Gasteiger partial charge in [0.15, 0.2) is 0 Å². The van der Waals surface area contributed by atoms with Crippen LogP contribution in [-0.2, 0) is 6.42 Å². The molecule has 1 aromatic heterocycles. The highest BCUT2D eigenvalue weighted by Crippen LogP contribution is 2.44. The Morgan fingerprint density at radius 2 is 2.00 bits per heavy atom. The number of benzene rings is 1. The number of anilines is 2. The molecule has 1 aliphatic carbocycles. The molecule has 2 aromatic rings. The molecule has 1 saturated heterocycles. The van der Waals surface area contributed by atoms with Crippen LogP contribution in [0.5, 0.6) is 0 Å². The van der Waals surface area contributed by atoms with Crippen LogP contribution < -0.4 is 5.32 Å². The van der Waals surface area contributed by atoms with E-state index < -0.39 is 0 Å². The van der Waals surface area contributed by atoms with Gasteiger partial charge in [-0.15, -0.1) is 11.3 Å². The van der Waals surface area contributed by atoms with E-state index >= 15 is 0 Å². The Labute approximate surface area is 176 Å². The molecule has 5 rings (SSSR count). The van der Waals surface area contributed by atoms with Gasteiger partial charge in [0.05, 0.1) is 16.9 Å². The summed E-state index contributed by atoms with van der Waals surface area (Å²) in [6, 6.07) is 4.77. The number of likely N-dealkylation sites (N-methyl/N-ethyl adjacent to an activating group) is 1. The first-order valence-corrected chi connectivity index (χ1v) is 11.0. The molecule has 0 bridgehead atoms. The lowest BCUT2D eigenvalue weighted by molar-refractivity contribution is 0.216. The van der Waals surface area contributed by atoms with E-state index in [4.69, 9.17) is 4.99 Å². The van der Waals surface area contributed by atoms with Crippen LogP contribution in [0.3, 0.4) is 0 Å². The molecular formula is C21H20BrFN4S. The first-order chi connectivity index (χ1) is 13.6. The average Bonchev–Trinajstić information content (AvgIpc) is 2.80. The summed E-state index contributed by atoms with van der Waals surface area (Å²) in [5, 5.41) is 4.52. The molecule has 1 N–H and O–H groups in total. The highest BCUT2D eigenvalue weighted by atomic mass is 79.9. The average molecular weight is 459 g/mol. The van der Waals surface area contributed by atoms with Gasteiger partial charge in [0.25, 0.3) is 0 Å². The first-order valence-electron chi connectivity index (χ1n) is 9.37. The number of aliphatic imine (C=N–C) groups is 1. The lowest BCUT2D eigenvalue weighted by Gasteiger charge is -2.34. The van der Waals surface area contributed by atoms with Gasteiger partial charge in [-0.25, -0.2) is 9.38 Å². The molecular weight excluding hydrogens is 439 g/mol. The predicted molar refractivity (Wildman–Crippen MR) is 119 cm³/mol. The molecule has 0 amide bonds. The van der Waals surface area contributed by atoms with E-state index in [9.17, 15) is 4.39 Å². The van der Waals surface area contributed by atoms with E-state index in [0.717, 1.165) is 64.9 Å². The summed E-state index contributed by atoms with van der Waals surface area (Å²) in [6.07, 6.45) is 7.31. The maximum Gasteiger partial charge on any atom is 0.140 e. The molecule has 2 aliphatic heterocycles. The Hall–Kier alpha value is -1.96. The van der Waals surface area contributed by atoms with E-state index in [2.05, 4.69) is 56.3 Å². The number of hydrogen-bond donors (Lipinski definition) is 1. The van der Waals surface area contributed by atoms with Crippen LogP contribution in [0.15, 0.2) is 39.8 Å². The second-order valence-electron chi connectivity index (χ2n) is 7.28. The molecule has 0 unspecified atom stereocenters. The molecule has 0 radical (unpaired) electrons. The molecule has 7 heteroatoms. The number of amidine groups is 1. The summed E-state index contributed by atoms with van der Waals surface area (Å²) in [5.41, 5.74) is 3.85. The quantitative estimate of drug-likeness (QED) is 0.594. The van der Waals surface area contributed by atoms with Crippen molar-refractivity contribution in [2.75, 3.05) is 38.5 Å². The molecule has 0 spiro atoms. The van der Waals surface area contributed by atoms with E-state index in [0.29, 0.717) is 0 Å². The van der Waals surface area contributed by atoms with Crippen molar-refractivity contribution in [2.45, 2.75) is 6.42 Å². The SMILES string of the molecule is CN1CCN(C2=Nc3ccc(F)cc3Nc3sc4c(c32)C=CC(Br)=CC4)CC1. The minimum atomic E-state index is -0.254. The maximum absolute atomic E-state index is 13.9. The second kappa shape index (κ2) is 7.13. The van der Waals surface area contributed by atoms with Gasteiger partial charge < -0.3 is 15.1 Å². The molecule has 1 fully saturated rings. The number of thiophene rings is 1. The zero-order chi connectivity index (χ0) is 19.3. The standard InChI is InChI=1S/C21H20BrFN4S/c1-26-8-10-27(11-9-26)20-19-15-5-2-13(22)3-7-18(15)28-21(19)25-17-12-14(23)4-6-16(17)24-20/h2-6,12,25H,7-11H2,1H3. The minimum Gasteiger partial charge on any atom is -0.353 e. The summed E-state index contributed by atoms with van der Waals surface area (Å²) >= 11 is 5.33. The smallest absolute Gasteiger partial charge is 0.140 e. The summed E-state index contributed by atoms with van der Waals surface area (Å²) in [5.74, 6) is 0.733. The third-order valence-corrected chi connectivity index (χ3v) is 7.10. The van der Waals surface area contributed by atoms with Crippen LogP contribution >= 0.6 is 27.3 Å². The predicted octanol–water partition coefficient (Wildman–Crippen LogP) is 5.12. The molecule has 28 heavy (non-hydrogen) atoms. The van der Waals surface area contributed by atoms with Crippen molar-refractivity contribution >= 4 is 55.6 Å². The Bertz CT molecular complexity index is 1030. The van der Waals surface area contributed by atoms with Gasteiger partial charge in [0.2, 0.25) is 0 Å². The van der Waals surface area contributed by atoms with Gasteiger partial charge >= 0.3 is 0 Å². The summed E-state index contributed by atoms with van der Waals surface area (Å²) < 4.78 is 15.0. The minimum absolute atomic E-state index is 0.254. The van der Waals surface area contributed by atoms with Crippen LogP contribution in [0, 0.1) is 5.82 Å². The maximum atomic E-state index is 13.9. The van der Waals surface area contributed by atoms with Crippen LogP contribution in [-0.4, -0.2) is 48.9 Å². The topological polar surface area (TPSA) is 30.9 Å². The van der Waals surface area contributed by atoms with Gasteiger partial charge in [-0.1, -0.05) is 28.1 Å². The number of hydrogen-bond acceptors (Lipinski definition) is 5. The van der Waals surface area contributed by atoms with Crippen molar-refractivity contribution in [3.05, 3.63) is 56.7 Å². The largest absolute Gasteiger partial charge is 0.353 e. The fraction of sp³-hybridized carbons (Fsp3) is 0.286.